The number of allylic oxidation sites excluding steroid dienone is 4. The van der Waals surface area contributed by atoms with Gasteiger partial charge >= 0.3 is 11.9 Å². The molecule has 42 heavy (non-hydrogen) atoms. The summed E-state index contributed by atoms with van der Waals surface area (Å²) in [5.41, 5.74) is -5.50. The van der Waals surface area contributed by atoms with Crippen LogP contribution in [0.4, 0.5) is 4.39 Å². The van der Waals surface area contributed by atoms with Crippen molar-refractivity contribution >= 4 is 23.5 Å². The van der Waals surface area contributed by atoms with E-state index in [-0.39, 0.29) is 31.0 Å². The molecule has 8 heteroatoms. The summed E-state index contributed by atoms with van der Waals surface area (Å²) in [5, 5.41) is 12.3. The summed E-state index contributed by atoms with van der Waals surface area (Å²) in [6.45, 7) is 8.91. The number of rotatable bonds is 12. The Kier molecular flexibility index (Phi) is 9.56. The SMILES string of the molecule is CCCCCC(=O)OCC(=O)[C@@]1(O)[C@H](C)C[C@@H]2[C@H]3CCC4=CC(=O)C=C[C@]4(C)[C@@]3(F)[C@@H](OC(=O)CCCCC)C[C@@]21C. The first kappa shape index (κ1) is 32.6. The van der Waals surface area contributed by atoms with E-state index in [2.05, 4.69) is 0 Å². The lowest BCUT2D eigenvalue weighted by Crippen LogP contribution is -2.70. The number of aliphatic hydroxyl groups is 1. The molecule has 7 nitrogen and oxygen atoms in total. The number of carbonyl (C=O) groups excluding carboxylic acids is 4. The van der Waals surface area contributed by atoms with Crippen molar-refractivity contribution in [1.82, 2.24) is 0 Å². The lowest BCUT2D eigenvalue weighted by atomic mass is 9.44. The maximum Gasteiger partial charge on any atom is 0.306 e. The van der Waals surface area contributed by atoms with Crippen LogP contribution < -0.4 is 0 Å². The highest BCUT2D eigenvalue weighted by Crippen LogP contribution is 2.71. The van der Waals surface area contributed by atoms with Crippen LogP contribution in [-0.2, 0) is 28.7 Å². The summed E-state index contributed by atoms with van der Waals surface area (Å²) < 4.78 is 29.5. The van der Waals surface area contributed by atoms with E-state index in [4.69, 9.17) is 9.47 Å². The van der Waals surface area contributed by atoms with Crippen molar-refractivity contribution in [3.8, 4) is 0 Å². The number of ether oxygens (including phenoxy) is 2. The molecule has 0 aliphatic heterocycles. The molecule has 234 valence electrons. The molecule has 4 aliphatic rings. The fourth-order valence-electron chi connectivity index (χ4n) is 8.82. The lowest BCUT2D eigenvalue weighted by Gasteiger charge is -2.63. The van der Waals surface area contributed by atoms with Crippen LogP contribution in [0, 0.1) is 28.6 Å². The minimum absolute atomic E-state index is 0.0497. The van der Waals surface area contributed by atoms with Crippen molar-refractivity contribution in [2.24, 2.45) is 28.6 Å². The molecule has 0 heterocycles. The van der Waals surface area contributed by atoms with E-state index < -0.39 is 64.4 Å². The summed E-state index contributed by atoms with van der Waals surface area (Å²) >= 11 is 0. The van der Waals surface area contributed by atoms with Gasteiger partial charge in [-0.2, -0.15) is 0 Å². The molecular formula is C34H49FO7. The summed E-state index contributed by atoms with van der Waals surface area (Å²) in [5.74, 6) is -3.27. The van der Waals surface area contributed by atoms with Crippen molar-refractivity contribution in [2.75, 3.05) is 6.61 Å². The van der Waals surface area contributed by atoms with Gasteiger partial charge in [0.25, 0.3) is 0 Å². The maximum absolute atomic E-state index is 18.2. The molecule has 3 fully saturated rings. The van der Waals surface area contributed by atoms with Crippen LogP contribution >= 0.6 is 0 Å². The molecule has 4 aliphatic carbocycles. The van der Waals surface area contributed by atoms with Crippen molar-refractivity contribution < 1.29 is 38.1 Å². The number of unbranched alkanes of at least 4 members (excludes halogenated alkanes) is 4. The van der Waals surface area contributed by atoms with Gasteiger partial charge in [-0.1, -0.05) is 65.0 Å². The molecule has 0 spiro atoms. The Morgan fingerprint density at radius 3 is 2.31 bits per heavy atom. The number of carbonyl (C=O) groups is 4. The first-order valence-electron chi connectivity index (χ1n) is 16.0. The molecular weight excluding hydrogens is 539 g/mol. The molecule has 1 N–H and O–H groups in total. The largest absolute Gasteiger partial charge is 0.459 e. The number of ketones is 2. The second-order valence-corrected chi connectivity index (χ2v) is 13.6. The first-order valence-corrected chi connectivity index (χ1v) is 16.0. The molecule has 4 rings (SSSR count). The molecule has 0 saturated heterocycles. The minimum atomic E-state index is -2.03. The van der Waals surface area contributed by atoms with Crippen LogP contribution in [0.5, 0.6) is 0 Å². The van der Waals surface area contributed by atoms with Crippen molar-refractivity contribution in [1.29, 1.82) is 0 Å². The van der Waals surface area contributed by atoms with E-state index in [1.165, 1.54) is 12.2 Å². The second-order valence-electron chi connectivity index (χ2n) is 13.6. The van der Waals surface area contributed by atoms with Crippen molar-refractivity contribution in [2.45, 2.75) is 129 Å². The third-order valence-corrected chi connectivity index (χ3v) is 11.2. The monoisotopic (exact) mass is 588 g/mol. The Morgan fingerprint density at radius 1 is 1.02 bits per heavy atom. The topological polar surface area (TPSA) is 107 Å². The van der Waals surface area contributed by atoms with E-state index in [1.54, 1.807) is 19.9 Å². The number of hydrogen-bond donors (Lipinski definition) is 1. The van der Waals surface area contributed by atoms with E-state index in [0.29, 0.717) is 37.7 Å². The van der Waals surface area contributed by atoms with Gasteiger partial charge in [-0.05, 0) is 69.4 Å². The van der Waals surface area contributed by atoms with Gasteiger partial charge in [0.1, 0.15) is 11.7 Å². The zero-order valence-electron chi connectivity index (χ0n) is 26.0. The molecule has 0 aromatic carbocycles. The molecule has 3 saturated carbocycles. The van der Waals surface area contributed by atoms with Crippen molar-refractivity contribution in [3.05, 3.63) is 23.8 Å². The van der Waals surface area contributed by atoms with E-state index >= 15 is 4.39 Å². The zero-order valence-corrected chi connectivity index (χ0v) is 26.0. The average molecular weight is 589 g/mol. The Hall–Kier alpha value is -2.35. The van der Waals surface area contributed by atoms with Gasteiger partial charge in [-0.25, -0.2) is 4.39 Å². The summed E-state index contributed by atoms with van der Waals surface area (Å²) in [7, 11) is 0. The van der Waals surface area contributed by atoms with Gasteiger partial charge in [-0.3, -0.25) is 19.2 Å². The fourth-order valence-corrected chi connectivity index (χ4v) is 8.82. The van der Waals surface area contributed by atoms with Crippen LogP contribution in [0.25, 0.3) is 0 Å². The number of Topliss-reactive ketones (excluding diaryl/α,β-unsaturated/α-hetero) is 1. The molecule has 0 unspecified atom stereocenters. The predicted octanol–water partition coefficient (Wildman–Crippen LogP) is 6.16. The quantitative estimate of drug-likeness (QED) is 0.215. The van der Waals surface area contributed by atoms with Crippen LogP contribution in [0.3, 0.4) is 0 Å². The zero-order chi connectivity index (χ0) is 30.9. The number of halogens is 1. The van der Waals surface area contributed by atoms with Crippen LogP contribution in [0.15, 0.2) is 23.8 Å². The number of hydrogen-bond acceptors (Lipinski definition) is 7. The number of esters is 2. The van der Waals surface area contributed by atoms with Gasteiger partial charge in [0.15, 0.2) is 18.1 Å². The first-order chi connectivity index (χ1) is 19.8. The minimum Gasteiger partial charge on any atom is -0.459 e. The molecule has 0 bridgehead atoms. The second kappa shape index (κ2) is 12.3. The van der Waals surface area contributed by atoms with Gasteiger partial charge in [0, 0.05) is 29.6 Å². The Labute approximate surface area is 249 Å². The van der Waals surface area contributed by atoms with Crippen molar-refractivity contribution in [3.63, 3.8) is 0 Å². The van der Waals surface area contributed by atoms with Gasteiger partial charge in [-0.15, -0.1) is 0 Å². The standard InChI is InChI=1S/C34H49FO7/c1-6-8-10-12-29(38)41-21-27(37)34(40)22(3)18-26-25-15-14-23-19-24(36)16-17-31(23,4)33(25,35)28(20-32(26,34)5)42-30(39)13-11-9-7-2/h16-17,19,22,25-26,28,40H,6-15,18,20-21H2,1-5H3/t22-,25-,26-,28+,31+,32+,33+,34+/m1/s1. The van der Waals surface area contributed by atoms with Gasteiger partial charge in [0.2, 0.25) is 5.78 Å². The van der Waals surface area contributed by atoms with E-state index in [0.717, 1.165) is 25.7 Å². The summed E-state index contributed by atoms with van der Waals surface area (Å²) in [6, 6.07) is 0. The van der Waals surface area contributed by atoms with Crippen LogP contribution in [0.1, 0.15) is 112 Å². The highest BCUT2D eigenvalue weighted by molar-refractivity contribution is 6.01. The number of alkyl halides is 1. The maximum atomic E-state index is 18.2. The average Bonchev–Trinajstić information content (AvgIpc) is 3.14. The molecule has 0 aromatic rings. The predicted molar refractivity (Wildman–Crippen MR) is 156 cm³/mol. The van der Waals surface area contributed by atoms with Crippen LogP contribution in [-0.4, -0.2) is 52.6 Å². The fraction of sp³-hybridized carbons (Fsp3) is 0.765. The van der Waals surface area contributed by atoms with Crippen LogP contribution in [0.2, 0.25) is 0 Å². The number of fused-ring (bicyclic) bond motifs is 5. The third-order valence-electron chi connectivity index (χ3n) is 11.2. The van der Waals surface area contributed by atoms with Gasteiger partial charge in [0.05, 0.1) is 0 Å². The highest BCUT2D eigenvalue weighted by atomic mass is 19.1. The lowest BCUT2D eigenvalue weighted by molar-refractivity contribution is -0.230. The highest BCUT2D eigenvalue weighted by Gasteiger charge is 2.76. The molecule has 0 aromatic heterocycles. The third kappa shape index (κ3) is 5.20. The normalized spacial score (nSPS) is 38.6. The van der Waals surface area contributed by atoms with E-state index in [9.17, 15) is 24.3 Å². The molecule has 0 amide bonds. The Bertz CT molecular complexity index is 1140. The summed E-state index contributed by atoms with van der Waals surface area (Å²) in [4.78, 5) is 51.4. The summed E-state index contributed by atoms with van der Waals surface area (Å²) in [6.07, 6.45) is 9.86. The van der Waals surface area contributed by atoms with Gasteiger partial charge < -0.3 is 14.6 Å². The molecule has 8 atom stereocenters. The Balaban J connectivity index is 1.68. The smallest absolute Gasteiger partial charge is 0.306 e. The van der Waals surface area contributed by atoms with E-state index in [1.807, 2.05) is 20.8 Å². The molecule has 0 radical (unpaired) electrons. The Morgan fingerprint density at radius 2 is 1.67 bits per heavy atom.